The monoisotopic (exact) mass is 272 g/mol. The molecule has 1 aromatic rings. The summed E-state index contributed by atoms with van der Waals surface area (Å²) in [4.78, 5) is 0. The van der Waals surface area contributed by atoms with Crippen LogP contribution in [0, 0.1) is 0 Å². The number of halogens is 1. The van der Waals surface area contributed by atoms with Crippen molar-refractivity contribution in [3.63, 3.8) is 0 Å². The molecule has 0 aliphatic rings. The van der Waals surface area contributed by atoms with Gasteiger partial charge in [0.05, 0.1) is 26.3 Å². The van der Waals surface area contributed by atoms with Crippen molar-refractivity contribution in [1.29, 1.82) is 0 Å². The second-order valence-corrected chi connectivity index (χ2v) is 4.57. The summed E-state index contributed by atoms with van der Waals surface area (Å²) in [6, 6.07) is 7.41. The van der Waals surface area contributed by atoms with Gasteiger partial charge in [-0.05, 0) is 24.6 Å². The van der Waals surface area contributed by atoms with Crippen molar-refractivity contribution in [3.05, 3.63) is 29.3 Å². The van der Waals surface area contributed by atoms with Crippen LogP contribution in [-0.4, -0.2) is 32.9 Å². The number of rotatable bonds is 10. The molecule has 0 aliphatic carbocycles. The minimum atomic E-state index is 0.565. The number of benzene rings is 1. The van der Waals surface area contributed by atoms with E-state index in [0.717, 1.165) is 18.9 Å². The highest BCUT2D eigenvalue weighted by Crippen LogP contribution is 2.16. The van der Waals surface area contributed by atoms with Crippen LogP contribution in [0.25, 0.3) is 0 Å². The molecular weight excluding hydrogens is 250 g/mol. The summed E-state index contributed by atoms with van der Waals surface area (Å²) < 4.78 is 11.0. The first-order valence-electron chi connectivity index (χ1n) is 6.60. The van der Waals surface area contributed by atoms with Crippen LogP contribution in [0.5, 0.6) is 5.75 Å². The zero-order valence-corrected chi connectivity index (χ0v) is 11.8. The molecule has 102 valence electrons. The number of hydrogen-bond donors (Lipinski definition) is 1. The van der Waals surface area contributed by atoms with Gasteiger partial charge in [0.25, 0.3) is 0 Å². The lowest BCUT2D eigenvalue weighted by Crippen LogP contribution is -2.85. The lowest BCUT2D eigenvalue weighted by atomic mass is 10.3. The third-order valence-electron chi connectivity index (χ3n) is 2.52. The molecule has 0 aliphatic heterocycles. The first-order chi connectivity index (χ1) is 8.83. The van der Waals surface area contributed by atoms with Gasteiger partial charge in [0.15, 0.2) is 0 Å². The zero-order valence-electron chi connectivity index (χ0n) is 11.0. The number of unbranched alkanes of at least 4 members (excludes halogenated alkanes) is 1. The van der Waals surface area contributed by atoms with Crippen molar-refractivity contribution in [3.8, 4) is 5.75 Å². The summed E-state index contributed by atoms with van der Waals surface area (Å²) in [6.07, 6.45) is 2.53. The molecule has 0 saturated carbocycles. The Hall–Kier alpha value is -0.770. The molecule has 1 rings (SSSR count). The Morgan fingerprint density at radius 3 is 2.83 bits per heavy atom. The predicted molar refractivity (Wildman–Crippen MR) is 74.3 cm³/mol. The molecule has 1 aromatic carbocycles. The van der Waals surface area contributed by atoms with Crippen LogP contribution in [0.1, 0.15) is 19.8 Å². The van der Waals surface area contributed by atoms with E-state index in [1.807, 2.05) is 18.2 Å². The van der Waals surface area contributed by atoms with Gasteiger partial charge in [-0.2, -0.15) is 0 Å². The lowest BCUT2D eigenvalue weighted by Gasteiger charge is -2.07. The van der Waals surface area contributed by atoms with E-state index in [-0.39, 0.29) is 0 Å². The smallest absolute Gasteiger partial charge is 0.120 e. The van der Waals surface area contributed by atoms with Gasteiger partial charge >= 0.3 is 0 Å². The Kier molecular flexibility index (Phi) is 8.65. The van der Waals surface area contributed by atoms with E-state index in [9.17, 15) is 0 Å². The second kappa shape index (κ2) is 10.2. The SMILES string of the molecule is CCCC[NH2+]CCOCCOc1cccc(Cl)c1. The largest absolute Gasteiger partial charge is 0.491 e. The Morgan fingerprint density at radius 1 is 1.17 bits per heavy atom. The molecule has 3 nitrogen and oxygen atoms in total. The molecule has 0 amide bonds. The van der Waals surface area contributed by atoms with Crippen LogP contribution in [-0.2, 0) is 4.74 Å². The van der Waals surface area contributed by atoms with E-state index < -0.39 is 0 Å². The zero-order chi connectivity index (χ0) is 13.1. The fourth-order valence-electron chi connectivity index (χ4n) is 1.54. The van der Waals surface area contributed by atoms with Crippen molar-refractivity contribution >= 4 is 11.6 Å². The minimum Gasteiger partial charge on any atom is -0.491 e. The van der Waals surface area contributed by atoms with Crippen molar-refractivity contribution in [2.45, 2.75) is 19.8 Å². The number of quaternary nitrogens is 1. The minimum absolute atomic E-state index is 0.565. The highest BCUT2D eigenvalue weighted by atomic mass is 35.5. The van der Waals surface area contributed by atoms with Crippen LogP contribution < -0.4 is 10.1 Å². The number of ether oxygens (including phenoxy) is 2. The molecule has 4 heteroatoms. The second-order valence-electron chi connectivity index (χ2n) is 4.14. The molecule has 0 bridgehead atoms. The highest BCUT2D eigenvalue weighted by molar-refractivity contribution is 6.30. The van der Waals surface area contributed by atoms with Gasteiger partial charge in [0, 0.05) is 5.02 Å². The van der Waals surface area contributed by atoms with Gasteiger partial charge < -0.3 is 14.8 Å². The third-order valence-corrected chi connectivity index (χ3v) is 2.76. The van der Waals surface area contributed by atoms with E-state index in [4.69, 9.17) is 21.1 Å². The van der Waals surface area contributed by atoms with Crippen molar-refractivity contribution in [2.75, 3.05) is 32.9 Å². The van der Waals surface area contributed by atoms with Gasteiger partial charge in [-0.1, -0.05) is 31.0 Å². The maximum atomic E-state index is 5.85. The van der Waals surface area contributed by atoms with Gasteiger partial charge in [0.1, 0.15) is 12.4 Å². The average molecular weight is 273 g/mol. The molecule has 18 heavy (non-hydrogen) atoms. The fraction of sp³-hybridized carbons (Fsp3) is 0.571. The summed E-state index contributed by atoms with van der Waals surface area (Å²) in [6.45, 7) is 6.39. The van der Waals surface area contributed by atoms with Crippen molar-refractivity contribution < 1.29 is 14.8 Å². The molecule has 0 fully saturated rings. The summed E-state index contributed by atoms with van der Waals surface area (Å²) >= 11 is 5.85. The Balaban J connectivity index is 1.92. The van der Waals surface area contributed by atoms with Gasteiger partial charge in [-0.25, -0.2) is 0 Å². The topological polar surface area (TPSA) is 35.1 Å². The number of nitrogens with two attached hydrogens (primary N) is 1. The quantitative estimate of drug-likeness (QED) is 0.662. The van der Waals surface area contributed by atoms with E-state index in [1.54, 1.807) is 6.07 Å². The van der Waals surface area contributed by atoms with E-state index in [0.29, 0.717) is 18.2 Å². The van der Waals surface area contributed by atoms with Crippen LogP contribution in [0.3, 0.4) is 0 Å². The average Bonchev–Trinajstić information content (AvgIpc) is 2.37. The van der Waals surface area contributed by atoms with Gasteiger partial charge in [-0.3, -0.25) is 0 Å². The molecular formula is C14H23ClNO2+. The third kappa shape index (κ3) is 7.54. The molecule has 0 unspecified atom stereocenters. The van der Waals surface area contributed by atoms with E-state index in [1.165, 1.54) is 19.4 Å². The Bertz CT molecular complexity index is 320. The molecule has 2 N–H and O–H groups in total. The van der Waals surface area contributed by atoms with Crippen LogP contribution in [0.4, 0.5) is 0 Å². The Labute approximate surface area is 114 Å². The summed E-state index contributed by atoms with van der Waals surface area (Å²) in [7, 11) is 0. The van der Waals surface area contributed by atoms with Gasteiger partial charge in [-0.15, -0.1) is 0 Å². The molecule has 0 aromatic heterocycles. The van der Waals surface area contributed by atoms with E-state index in [2.05, 4.69) is 12.2 Å². The van der Waals surface area contributed by atoms with Crippen molar-refractivity contribution in [2.24, 2.45) is 0 Å². The van der Waals surface area contributed by atoms with Crippen molar-refractivity contribution in [1.82, 2.24) is 0 Å². The number of hydrogen-bond acceptors (Lipinski definition) is 2. The maximum Gasteiger partial charge on any atom is 0.120 e. The summed E-state index contributed by atoms with van der Waals surface area (Å²) in [5.41, 5.74) is 0. The summed E-state index contributed by atoms with van der Waals surface area (Å²) in [5.74, 6) is 0.792. The molecule has 0 saturated heterocycles. The van der Waals surface area contributed by atoms with E-state index >= 15 is 0 Å². The van der Waals surface area contributed by atoms with Crippen LogP contribution in [0.2, 0.25) is 5.02 Å². The highest BCUT2D eigenvalue weighted by Gasteiger charge is 1.95. The normalized spacial score (nSPS) is 10.6. The Morgan fingerprint density at radius 2 is 2.06 bits per heavy atom. The first kappa shape index (κ1) is 15.3. The molecule has 0 atom stereocenters. The fourth-order valence-corrected chi connectivity index (χ4v) is 1.72. The molecule has 0 heterocycles. The predicted octanol–water partition coefficient (Wildman–Crippen LogP) is 2.10. The van der Waals surface area contributed by atoms with Crippen LogP contribution in [0.15, 0.2) is 24.3 Å². The molecule has 0 spiro atoms. The molecule has 0 radical (unpaired) electrons. The van der Waals surface area contributed by atoms with Gasteiger partial charge in [0.2, 0.25) is 0 Å². The maximum absolute atomic E-state index is 5.85. The lowest BCUT2D eigenvalue weighted by molar-refractivity contribution is -0.656. The first-order valence-corrected chi connectivity index (χ1v) is 6.98. The summed E-state index contributed by atoms with van der Waals surface area (Å²) in [5, 5.41) is 2.99. The van der Waals surface area contributed by atoms with Crippen LogP contribution >= 0.6 is 11.6 Å². The standard InChI is InChI=1S/C14H22ClNO2/c1-2-3-7-16-8-9-17-10-11-18-14-6-4-5-13(15)12-14/h4-6,12,16H,2-3,7-11H2,1H3/p+1.